The van der Waals surface area contributed by atoms with Crippen molar-refractivity contribution >= 4 is 5.91 Å². The Morgan fingerprint density at radius 2 is 2.29 bits per heavy atom. The van der Waals surface area contributed by atoms with Crippen molar-refractivity contribution in [1.29, 1.82) is 0 Å². The molecule has 0 aromatic heterocycles. The second kappa shape index (κ2) is 5.32. The molecule has 1 saturated heterocycles. The van der Waals surface area contributed by atoms with Gasteiger partial charge in [-0.2, -0.15) is 0 Å². The number of ether oxygens (including phenoxy) is 1. The number of hydrogen-bond donors (Lipinski definition) is 1. The molecule has 0 aromatic rings. The number of hydrogen-bond acceptors (Lipinski definition) is 3. The molecule has 0 spiro atoms. The number of rotatable bonds is 3. The van der Waals surface area contributed by atoms with Crippen molar-refractivity contribution in [2.75, 3.05) is 19.7 Å². The molecule has 0 radical (unpaired) electrons. The van der Waals surface area contributed by atoms with E-state index >= 15 is 0 Å². The Bertz CT molecular complexity index is 197. The number of nitrogens with zero attached hydrogens (tertiary/aromatic N) is 1. The number of carbonyl (C=O) groups is 1. The standard InChI is InChI=1S/C10H20N2O2/c1-8-9(2)14-7-6-12(8)10(13)4-3-5-11/h8-9H,3-7,11H2,1-2H3. The summed E-state index contributed by atoms with van der Waals surface area (Å²) in [4.78, 5) is 13.6. The highest BCUT2D eigenvalue weighted by Gasteiger charge is 2.28. The van der Waals surface area contributed by atoms with Crippen molar-refractivity contribution in [3.05, 3.63) is 0 Å². The van der Waals surface area contributed by atoms with Crippen LogP contribution < -0.4 is 5.73 Å². The molecule has 4 heteroatoms. The molecule has 2 unspecified atom stereocenters. The number of morpholine rings is 1. The predicted molar refractivity (Wildman–Crippen MR) is 54.9 cm³/mol. The molecule has 2 N–H and O–H groups in total. The third kappa shape index (κ3) is 2.69. The molecule has 1 aliphatic rings. The van der Waals surface area contributed by atoms with Gasteiger partial charge >= 0.3 is 0 Å². The summed E-state index contributed by atoms with van der Waals surface area (Å²) in [6.07, 6.45) is 1.48. The Hall–Kier alpha value is -0.610. The summed E-state index contributed by atoms with van der Waals surface area (Å²) >= 11 is 0. The highest BCUT2D eigenvalue weighted by Crippen LogP contribution is 2.14. The number of carbonyl (C=O) groups excluding carboxylic acids is 1. The van der Waals surface area contributed by atoms with Gasteiger partial charge in [0, 0.05) is 13.0 Å². The summed E-state index contributed by atoms with van der Waals surface area (Å²) in [5, 5.41) is 0. The molecule has 0 saturated carbocycles. The molecule has 0 bridgehead atoms. The van der Waals surface area contributed by atoms with E-state index in [1.54, 1.807) is 0 Å². The monoisotopic (exact) mass is 200 g/mol. The fraction of sp³-hybridized carbons (Fsp3) is 0.900. The van der Waals surface area contributed by atoms with Crippen LogP contribution >= 0.6 is 0 Å². The summed E-state index contributed by atoms with van der Waals surface area (Å²) in [7, 11) is 0. The maximum atomic E-state index is 11.7. The first-order chi connectivity index (χ1) is 6.66. The summed E-state index contributed by atoms with van der Waals surface area (Å²) < 4.78 is 5.46. The van der Waals surface area contributed by atoms with Gasteiger partial charge in [-0.05, 0) is 26.8 Å². The van der Waals surface area contributed by atoms with E-state index in [1.165, 1.54) is 0 Å². The molecule has 1 fully saturated rings. The van der Waals surface area contributed by atoms with Crippen LogP contribution in [0.3, 0.4) is 0 Å². The van der Waals surface area contributed by atoms with Gasteiger partial charge in [0.1, 0.15) is 0 Å². The zero-order chi connectivity index (χ0) is 10.6. The van der Waals surface area contributed by atoms with Crippen LogP contribution in [0, 0.1) is 0 Å². The van der Waals surface area contributed by atoms with E-state index in [4.69, 9.17) is 10.5 Å². The SMILES string of the molecule is CC1OCCN(C(=O)CCCN)C1C. The lowest BCUT2D eigenvalue weighted by Gasteiger charge is -2.37. The van der Waals surface area contributed by atoms with Crippen molar-refractivity contribution in [3.63, 3.8) is 0 Å². The van der Waals surface area contributed by atoms with Crippen molar-refractivity contribution < 1.29 is 9.53 Å². The lowest BCUT2D eigenvalue weighted by Crippen LogP contribution is -2.51. The second-order valence-electron chi connectivity index (χ2n) is 3.80. The number of amides is 1. The van der Waals surface area contributed by atoms with Crippen molar-refractivity contribution in [2.45, 2.75) is 38.8 Å². The van der Waals surface area contributed by atoms with Gasteiger partial charge in [-0.3, -0.25) is 4.79 Å². The molecule has 4 nitrogen and oxygen atoms in total. The van der Waals surface area contributed by atoms with Crippen LogP contribution in [-0.2, 0) is 9.53 Å². The molecule has 0 aliphatic carbocycles. The van der Waals surface area contributed by atoms with Gasteiger partial charge in [-0.1, -0.05) is 0 Å². The molecular formula is C10H20N2O2. The summed E-state index contributed by atoms with van der Waals surface area (Å²) in [5.74, 6) is 0.207. The van der Waals surface area contributed by atoms with Crippen LogP contribution in [0.4, 0.5) is 0 Å². The zero-order valence-electron chi connectivity index (χ0n) is 9.03. The maximum Gasteiger partial charge on any atom is 0.223 e. The van der Waals surface area contributed by atoms with Gasteiger partial charge in [0.2, 0.25) is 5.91 Å². The first-order valence-corrected chi connectivity index (χ1v) is 5.28. The van der Waals surface area contributed by atoms with Gasteiger partial charge in [-0.25, -0.2) is 0 Å². The Kier molecular flexibility index (Phi) is 4.35. The smallest absolute Gasteiger partial charge is 0.223 e. The Balaban J connectivity index is 2.44. The molecule has 0 aromatic carbocycles. The maximum absolute atomic E-state index is 11.7. The number of nitrogens with two attached hydrogens (primary N) is 1. The van der Waals surface area contributed by atoms with Crippen LogP contribution in [0.25, 0.3) is 0 Å². The van der Waals surface area contributed by atoms with E-state index in [-0.39, 0.29) is 18.1 Å². The van der Waals surface area contributed by atoms with Crippen molar-refractivity contribution in [3.8, 4) is 0 Å². The molecule has 1 aliphatic heterocycles. The largest absolute Gasteiger partial charge is 0.375 e. The molecule has 14 heavy (non-hydrogen) atoms. The van der Waals surface area contributed by atoms with Gasteiger partial charge in [-0.15, -0.1) is 0 Å². The van der Waals surface area contributed by atoms with Crippen LogP contribution in [0.2, 0.25) is 0 Å². The van der Waals surface area contributed by atoms with E-state index in [2.05, 4.69) is 0 Å². The van der Waals surface area contributed by atoms with Gasteiger partial charge in [0.15, 0.2) is 0 Å². The second-order valence-corrected chi connectivity index (χ2v) is 3.80. The minimum atomic E-state index is 0.144. The van der Waals surface area contributed by atoms with Crippen molar-refractivity contribution in [2.24, 2.45) is 5.73 Å². The Labute approximate surface area is 85.4 Å². The summed E-state index contributed by atoms with van der Waals surface area (Å²) in [6, 6.07) is 0.189. The van der Waals surface area contributed by atoms with E-state index < -0.39 is 0 Å². The average molecular weight is 200 g/mol. The molecule has 1 rings (SSSR count). The Morgan fingerprint density at radius 3 is 2.93 bits per heavy atom. The molecule has 1 heterocycles. The van der Waals surface area contributed by atoms with E-state index in [0.717, 1.165) is 13.0 Å². The van der Waals surface area contributed by atoms with Gasteiger partial charge in [0.05, 0.1) is 18.8 Å². The van der Waals surface area contributed by atoms with Crippen LogP contribution in [0.15, 0.2) is 0 Å². The predicted octanol–water partition coefficient (Wildman–Crippen LogP) is 0.361. The fourth-order valence-electron chi connectivity index (χ4n) is 1.68. The summed E-state index contributed by atoms with van der Waals surface area (Å²) in [5.41, 5.74) is 5.37. The quantitative estimate of drug-likeness (QED) is 0.715. The molecule has 2 atom stereocenters. The highest BCUT2D eigenvalue weighted by molar-refractivity contribution is 5.76. The normalized spacial score (nSPS) is 27.8. The molecular weight excluding hydrogens is 180 g/mol. The van der Waals surface area contributed by atoms with Crippen LogP contribution in [0.1, 0.15) is 26.7 Å². The van der Waals surface area contributed by atoms with Crippen LogP contribution in [0.5, 0.6) is 0 Å². The third-order valence-corrected chi connectivity index (χ3v) is 2.80. The first kappa shape index (κ1) is 11.5. The van der Waals surface area contributed by atoms with Crippen molar-refractivity contribution in [1.82, 2.24) is 4.90 Å². The molecule has 82 valence electrons. The Morgan fingerprint density at radius 1 is 1.57 bits per heavy atom. The van der Waals surface area contributed by atoms with E-state index in [1.807, 2.05) is 18.7 Å². The van der Waals surface area contributed by atoms with Gasteiger partial charge < -0.3 is 15.4 Å². The lowest BCUT2D eigenvalue weighted by atomic mass is 10.1. The summed E-state index contributed by atoms with van der Waals surface area (Å²) in [6.45, 7) is 5.99. The van der Waals surface area contributed by atoms with E-state index in [9.17, 15) is 4.79 Å². The zero-order valence-corrected chi connectivity index (χ0v) is 9.03. The lowest BCUT2D eigenvalue weighted by molar-refractivity contribution is -0.144. The third-order valence-electron chi connectivity index (χ3n) is 2.80. The topological polar surface area (TPSA) is 55.6 Å². The minimum absolute atomic E-state index is 0.144. The minimum Gasteiger partial charge on any atom is -0.375 e. The molecule has 1 amide bonds. The average Bonchev–Trinajstić information content (AvgIpc) is 2.18. The first-order valence-electron chi connectivity index (χ1n) is 5.28. The van der Waals surface area contributed by atoms with Gasteiger partial charge in [0.25, 0.3) is 0 Å². The van der Waals surface area contributed by atoms with Crippen LogP contribution in [-0.4, -0.2) is 42.6 Å². The van der Waals surface area contributed by atoms with E-state index in [0.29, 0.717) is 19.6 Å². The fourth-order valence-corrected chi connectivity index (χ4v) is 1.68. The highest BCUT2D eigenvalue weighted by atomic mass is 16.5.